The van der Waals surface area contributed by atoms with E-state index in [1.54, 1.807) is 0 Å². The standard InChI is InChI=1S/C19H23F3N4OS/c20-19(21,22)16-9-18(27)26(12-23-16)10-13-5-7-25(8-6-13)11-17-24-14-3-1-2-4-15(14)28-17/h9,12-13H,1-8,10-11H2. The van der Waals surface area contributed by atoms with Gasteiger partial charge in [0, 0.05) is 17.5 Å². The Balaban J connectivity index is 1.31. The predicted octanol–water partition coefficient (Wildman–Crippen LogP) is 3.51. The predicted molar refractivity (Wildman–Crippen MR) is 100 cm³/mol. The Morgan fingerprint density at radius 3 is 2.61 bits per heavy atom. The second-order valence-corrected chi connectivity index (χ2v) is 8.83. The van der Waals surface area contributed by atoms with Crippen molar-refractivity contribution in [3.05, 3.63) is 44.0 Å². The van der Waals surface area contributed by atoms with E-state index in [0.717, 1.165) is 51.6 Å². The van der Waals surface area contributed by atoms with Crippen molar-refractivity contribution in [2.45, 2.75) is 57.8 Å². The van der Waals surface area contributed by atoms with Gasteiger partial charge in [0.15, 0.2) is 5.69 Å². The Morgan fingerprint density at radius 1 is 1.18 bits per heavy atom. The van der Waals surface area contributed by atoms with Crippen molar-refractivity contribution in [2.75, 3.05) is 13.1 Å². The lowest BCUT2D eigenvalue weighted by Crippen LogP contribution is -2.36. The first-order valence-corrected chi connectivity index (χ1v) is 10.5. The zero-order valence-electron chi connectivity index (χ0n) is 15.5. The molecular formula is C19H23F3N4OS. The highest BCUT2D eigenvalue weighted by Gasteiger charge is 2.33. The summed E-state index contributed by atoms with van der Waals surface area (Å²) in [4.78, 5) is 24.0. The number of alkyl halides is 3. The minimum absolute atomic E-state index is 0.275. The molecule has 5 nitrogen and oxygen atoms in total. The molecule has 0 radical (unpaired) electrons. The molecular weight excluding hydrogens is 389 g/mol. The summed E-state index contributed by atoms with van der Waals surface area (Å²) in [6.07, 6.45) is 3.03. The average molecular weight is 412 g/mol. The second-order valence-electron chi connectivity index (χ2n) is 7.67. The Morgan fingerprint density at radius 2 is 1.93 bits per heavy atom. The van der Waals surface area contributed by atoms with E-state index in [-0.39, 0.29) is 5.92 Å². The van der Waals surface area contributed by atoms with Crippen LogP contribution >= 0.6 is 11.3 Å². The quantitative estimate of drug-likeness (QED) is 0.771. The summed E-state index contributed by atoms with van der Waals surface area (Å²) in [5.74, 6) is 0.275. The molecule has 0 atom stereocenters. The van der Waals surface area contributed by atoms with Crippen LogP contribution in [0.2, 0.25) is 0 Å². The van der Waals surface area contributed by atoms with Gasteiger partial charge in [-0.15, -0.1) is 11.3 Å². The molecule has 2 aromatic rings. The van der Waals surface area contributed by atoms with Gasteiger partial charge in [-0.25, -0.2) is 9.97 Å². The molecule has 0 N–H and O–H groups in total. The molecule has 3 heterocycles. The molecule has 0 saturated carbocycles. The molecule has 0 unspecified atom stereocenters. The Labute approximate surface area is 165 Å². The summed E-state index contributed by atoms with van der Waals surface area (Å²) < 4.78 is 39.2. The largest absolute Gasteiger partial charge is 0.433 e. The summed E-state index contributed by atoms with van der Waals surface area (Å²) in [5.41, 5.74) is -0.483. The van der Waals surface area contributed by atoms with Crippen LogP contribution in [-0.2, 0) is 32.1 Å². The third kappa shape index (κ3) is 4.46. The van der Waals surface area contributed by atoms with Gasteiger partial charge < -0.3 is 0 Å². The molecule has 1 fully saturated rings. The molecule has 1 saturated heterocycles. The fourth-order valence-corrected chi connectivity index (χ4v) is 5.19. The zero-order chi connectivity index (χ0) is 19.7. The number of piperidine rings is 1. The van der Waals surface area contributed by atoms with E-state index in [1.807, 2.05) is 11.3 Å². The summed E-state index contributed by atoms with van der Waals surface area (Å²) in [6, 6.07) is 0.583. The number of likely N-dealkylation sites (tertiary alicyclic amines) is 1. The molecule has 28 heavy (non-hydrogen) atoms. The second kappa shape index (κ2) is 7.94. The smallest absolute Gasteiger partial charge is 0.299 e. The summed E-state index contributed by atoms with van der Waals surface area (Å²) in [5, 5.41) is 1.19. The van der Waals surface area contributed by atoms with Crippen LogP contribution in [0.25, 0.3) is 0 Å². The van der Waals surface area contributed by atoms with Gasteiger partial charge in [-0.3, -0.25) is 14.3 Å². The van der Waals surface area contributed by atoms with Gasteiger partial charge in [0.2, 0.25) is 0 Å². The molecule has 0 aromatic carbocycles. The first kappa shape index (κ1) is 19.6. The number of hydrogen-bond donors (Lipinski definition) is 0. The van der Waals surface area contributed by atoms with Crippen molar-refractivity contribution >= 4 is 11.3 Å². The van der Waals surface area contributed by atoms with Crippen molar-refractivity contribution in [1.29, 1.82) is 0 Å². The first-order chi connectivity index (χ1) is 13.4. The fourth-order valence-electron chi connectivity index (χ4n) is 3.99. The van der Waals surface area contributed by atoms with Crippen LogP contribution in [0.3, 0.4) is 0 Å². The van der Waals surface area contributed by atoms with Gasteiger partial charge in [-0.05, 0) is 57.5 Å². The van der Waals surface area contributed by atoms with Crippen molar-refractivity contribution < 1.29 is 13.2 Å². The number of nitrogens with zero attached hydrogens (tertiary/aromatic N) is 4. The van der Waals surface area contributed by atoms with Gasteiger partial charge >= 0.3 is 6.18 Å². The first-order valence-electron chi connectivity index (χ1n) is 9.72. The van der Waals surface area contributed by atoms with Crippen LogP contribution in [0.15, 0.2) is 17.2 Å². The Kier molecular flexibility index (Phi) is 5.55. The lowest BCUT2D eigenvalue weighted by atomic mass is 9.97. The van der Waals surface area contributed by atoms with Crippen molar-refractivity contribution in [1.82, 2.24) is 19.4 Å². The maximum Gasteiger partial charge on any atom is 0.433 e. The van der Waals surface area contributed by atoms with E-state index in [0.29, 0.717) is 12.6 Å². The van der Waals surface area contributed by atoms with Crippen LogP contribution < -0.4 is 5.56 Å². The number of fused-ring (bicyclic) bond motifs is 1. The van der Waals surface area contributed by atoms with E-state index in [2.05, 4.69) is 9.88 Å². The van der Waals surface area contributed by atoms with Crippen LogP contribution in [0.1, 0.15) is 47.0 Å². The Hall–Kier alpha value is -1.74. The highest BCUT2D eigenvalue weighted by molar-refractivity contribution is 7.11. The van der Waals surface area contributed by atoms with Crippen molar-refractivity contribution in [3.63, 3.8) is 0 Å². The number of thiazole rings is 1. The third-order valence-electron chi connectivity index (χ3n) is 5.58. The number of aromatic nitrogens is 3. The van der Waals surface area contributed by atoms with Crippen LogP contribution in [-0.4, -0.2) is 32.5 Å². The fraction of sp³-hybridized carbons (Fsp3) is 0.632. The SMILES string of the molecule is O=c1cc(C(F)(F)F)ncn1CC1CCN(Cc2nc3c(s2)CCCC3)CC1. The van der Waals surface area contributed by atoms with E-state index in [1.165, 1.54) is 33.0 Å². The minimum Gasteiger partial charge on any atom is -0.299 e. The molecule has 1 aliphatic carbocycles. The van der Waals surface area contributed by atoms with Crippen molar-refractivity contribution in [2.24, 2.45) is 5.92 Å². The maximum atomic E-state index is 12.6. The van der Waals surface area contributed by atoms with E-state index >= 15 is 0 Å². The summed E-state index contributed by atoms with van der Waals surface area (Å²) in [7, 11) is 0. The minimum atomic E-state index is -4.58. The lowest BCUT2D eigenvalue weighted by molar-refractivity contribution is -0.141. The third-order valence-corrected chi connectivity index (χ3v) is 6.72. The van der Waals surface area contributed by atoms with Crippen molar-refractivity contribution in [3.8, 4) is 0 Å². The normalized spacial score (nSPS) is 19.0. The highest BCUT2D eigenvalue weighted by Crippen LogP contribution is 2.29. The number of halogens is 3. The average Bonchev–Trinajstić information content (AvgIpc) is 3.06. The Bertz CT molecular complexity index is 861. The molecule has 0 spiro atoms. The highest BCUT2D eigenvalue weighted by atomic mass is 32.1. The topological polar surface area (TPSA) is 51.0 Å². The molecule has 4 rings (SSSR count). The zero-order valence-corrected chi connectivity index (χ0v) is 16.4. The van der Waals surface area contributed by atoms with E-state index in [4.69, 9.17) is 4.98 Å². The van der Waals surface area contributed by atoms with Crippen LogP contribution in [0, 0.1) is 5.92 Å². The van der Waals surface area contributed by atoms with Gasteiger partial charge in [-0.2, -0.15) is 13.2 Å². The van der Waals surface area contributed by atoms with Gasteiger partial charge in [-0.1, -0.05) is 0 Å². The monoisotopic (exact) mass is 412 g/mol. The van der Waals surface area contributed by atoms with Gasteiger partial charge in [0.25, 0.3) is 5.56 Å². The maximum absolute atomic E-state index is 12.6. The van der Waals surface area contributed by atoms with E-state index < -0.39 is 17.4 Å². The van der Waals surface area contributed by atoms with Gasteiger partial charge in [0.1, 0.15) is 5.01 Å². The number of hydrogen-bond acceptors (Lipinski definition) is 5. The number of aryl methyl sites for hydroxylation is 2. The summed E-state index contributed by atoms with van der Waals surface area (Å²) >= 11 is 1.84. The molecule has 1 aliphatic heterocycles. The molecule has 0 bridgehead atoms. The molecule has 152 valence electrons. The molecule has 2 aromatic heterocycles. The number of rotatable bonds is 4. The van der Waals surface area contributed by atoms with Crippen LogP contribution in [0.5, 0.6) is 0 Å². The summed E-state index contributed by atoms with van der Waals surface area (Å²) in [6.45, 7) is 3.12. The lowest BCUT2D eigenvalue weighted by Gasteiger charge is -2.31. The molecule has 0 amide bonds. The molecule has 2 aliphatic rings. The van der Waals surface area contributed by atoms with E-state index in [9.17, 15) is 18.0 Å². The molecule has 9 heteroatoms. The van der Waals surface area contributed by atoms with Crippen LogP contribution in [0.4, 0.5) is 13.2 Å². The van der Waals surface area contributed by atoms with Gasteiger partial charge in [0.05, 0.1) is 18.6 Å².